The van der Waals surface area contributed by atoms with Crippen molar-refractivity contribution in [2.75, 3.05) is 32.2 Å². The molecular weight excluding hydrogens is 298 g/mol. The van der Waals surface area contributed by atoms with Gasteiger partial charge in [-0.15, -0.1) is 0 Å². The number of hydrogen-bond acceptors (Lipinski definition) is 4. The van der Waals surface area contributed by atoms with Crippen molar-refractivity contribution >= 4 is 9.84 Å². The van der Waals surface area contributed by atoms with E-state index in [9.17, 15) is 8.42 Å². The van der Waals surface area contributed by atoms with E-state index in [1.165, 1.54) is 17.4 Å². The Morgan fingerprint density at radius 3 is 2.64 bits per heavy atom. The van der Waals surface area contributed by atoms with Gasteiger partial charge in [0.1, 0.15) is 15.6 Å². The third-order valence-corrected chi connectivity index (χ3v) is 5.47. The van der Waals surface area contributed by atoms with Gasteiger partial charge < -0.3 is 4.74 Å². The minimum Gasteiger partial charge on any atom is -0.496 e. The Kier molecular flexibility index (Phi) is 5.50. The third kappa shape index (κ3) is 4.71. The monoisotopic (exact) mass is 325 g/mol. The van der Waals surface area contributed by atoms with Crippen molar-refractivity contribution in [3.63, 3.8) is 0 Å². The van der Waals surface area contributed by atoms with Gasteiger partial charge in [0.2, 0.25) is 0 Å². The Morgan fingerprint density at radius 2 is 2.00 bits per heavy atom. The zero-order valence-electron chi connectivity index (χ0n) is 14.1. The van der Waals surface area contributed by atoms with Gasteiger partial charge in [-0.05, 0) is 61.9 Å². The first-order chi connectivity index (χ1) is 10.3. The Hall–Kier alpha value is -1.07. The molecule has 0 saturated carbocycles. The minimum absolute atomic E-state index is 0.267. The van der Waals surface area contributed by atoms with E-state index in [1.54, 1.807) is 7.11 Å². The number of sulfone groups is 1. The van der Waals surface area contributed by atoms with E-state index in [2.05, 4.69) is 30.9 Å². The molecule has 0 aliphatic carbocycles. The summed E-state index contributed by atoms with van der Waals surface area (Å²) < 4.78 is 28.4. The fourth-order valence-corrected chi connectivity index (χ4v) is 4.47. The second-order valence-electron chi connectivity index (χ2n) is 6.58. The maximum Gasteiger partial charge on any atom is 0.147 e. The van der Waals surface area contributed by atoms with Gasteiger partial charge in [-0.1, -0.05) is 6.07 Å². The largest absolute Gasteiger partial charge is 0.496 e. The molecule has 1 aromatic rings. The van der Waals surface area contributed by atoms with Crippen LogP contribution >= 0.6 is 0 Å². The standard InChI is InChI=1S/C17H27NO3S/c1-13-9-17(21-3)14(2)8-16(13)11-18-7-5-6-15(10-18)12-22(4,19)20/h8-9,15H,5-7,10-12H2,1-4H3/t15-/m1/s1. The van der Waals surface area contributed by atoms with Crippen molar-refractivity contribution in [1.29, 1.82) is 0 Å². The number of methoxy groups -OCH3 is 1. The molecule has 0 spiro atoms. The average molecular weight is 325 g/mol. The predicted octanol–water partition coefficient (Wildman–Crippen LogP) is 2.57. The van der Waals surface area contributed by atoms with E-state index >= 15 is 0 Å². The zero-order valence-corrected chi connectivity index (χ0v) is 14.9. The van der Waals surface area contributed by atoms with Gasteiger partial charge in [0.05, 0.1) is 12.9 Å². The molecule has 124 valence electrons. The first-order valence-electron chi connectivity index (χ1n) is 7.82. The lowest BCUT2D eigenvalue weighted by Gasteiger charge is -2.32. The number of benzene rings is 1. The molecule has 0 unspecified atom stereocenters. The van der Waals surface area contributed by atoms with Crippen LogP contribution in [0.5, 0.6) is 5.75 Å². The number of ether oxygens (including phenoxy) is 1. The van der Waals surface area contributed by atoms with E-state index in [-0.39, 0.29) is 5.92 Å². The molecule has 2 rings (SSSR count). The van der Waals surface area contributed by atoms with Gasteiger partial charge >= 0.3 is 0 Å². The van der Waals surface area contributed by atoms with Crippen LogP contribution in [0.15, 0.2) is 12.1 Å². The zero-order chi connectivity index (χ0) is 16.3. The molecule has 1 aliphatic heterocycles. The van der Waals surface area contributed by atoms with Crippen LogP contribution in [0.2, 0.25) is 0 Å². The molecule has 0 N–H and O–H groups in total. The molecule has 1 aliphatic rings. The summed E-state index contributed by atoms with van der Waals surface area (Å²) >= 11 is 0. The summed E-state index contributed by atoms with van der Waals surface area (Å²) in [5.74, 6) is 1.50. The Bertz CT molecular complexity index is 625. The van der Waals surface area contributed by atoms with Crippen molar-refractivity contribution in [2.24, 2.45) is 5.92 Å². The molecule has 0 bridgehead atoms. The van der Waals surface area contributed by atoms with Gasteiger partial charge in [-0.25, -0.2) is 8.42 Å². The second kappa shape index (κ2) is 7.01. The maximum absolute atomic E-state index is 11.5. The summed E-state index contributed by atoms with van der Waals surface area (Å²) in [6, 6.07) is 4.27. The lowest BCUT2D eigenvalue weighted by Crippen LogP contribution is -2.37. The molecule has 5 heteroatoms. The topological polar surface area (TPSA) is 46.6 Å². The van der Waals surface area contributed by atoms with Crippen molar-refractivity contribution in [2.45, 2.75) is 33.2 Å². The minimum atomic E-state index is -2.89. The Labute approximate surface area is 134 Å². The highest BCUT2D eigenvalue weighted by Gasteiger charge is 2.23. The highest BCUT2D eigenvalue weighted by Crippen LogP contribution is 2.25. The van der Waals surface area contributed by atoms with Gasteiger partial charge in [0, 0.05) is 19.3 Å². The summed E-state index contributed by atoms with van der Waals surface area (Å²) in [5.41, 5.74) is 3.68. The van der Waals surface area contributed by atoms with E-state index in [0.717, 1.165) is 43.8 Å². The maximum atomic E-state index is 11.5. The van der Waals surface area contributed by atoms with Crippen LogP contribution in [0, 0.1) is 19.8 Å². The normalized spacial score (nSPS) is 20.1. The smallest absolute Gasteiger partial charge is 0.147 e. The summed E-state index contributed by atoms with van der Waals surface area (Å²) in [6.45, 7) is 6.97. The van der Waals surface area contributed by atoms with Crippen LogP contribution < -0.4 is 4.74 Å². The Morgan fingerprint density at radius 1 is 1.27 bits per heavy atom. The summed E-state index contributed by atoms with van der Waals surface area (Å²) in [6.07, 6.45) is 3.43. The average Bonchev–Trinajstić information content (AvgIpc) is 2.41. The fraction of sp³-hybridized carbons (Fsp3) is 0.647. The molecular formula is C17H27NO3S. The number of hydrogen-bond donors (Lipinski definition) is 0. The number of nitrogens with zero attached hydrogens (tertiary/aromatic N) is 1. The van der Waals surface area contributed by atoms with Gasteiger partial charge in [-0.3, -0.25) is 4.90 Å². The summed E-state index contributed by atoms with van der Waals surface area (Å²) in [5, 5.41) is 0. The van der Waals surface area contributed by atoms with E-state index in [0.29, 0.717) is 5.75 Å². The van der Waals surface area contributed by atoms with Gasteiger partial charge in [0.15, 0.2) is 0 Å². The number of piperidine rings is 1. The highest BCUT2D eigenvalue weighted by molar-refractivity contribution is 7.90. The van der Waals surface area contributed by atoms with E-state index in [1.807, 2.05) is 0 Å². The van der Waals surface area contributed by atoms with E-state index in [4.69, 9.17) is 4.74 Å². The quantitative estimate of drug-likeness (QED) is 0.835. The second-order valence-corrected chi connectivity index (χ2v) is 8.77. The number of aryl methyl sites for hydroxylation is 2. The number of rotatable bonds is 5. The first kappa shape index (κ1) is 17.3. The number of likely N-dealkylation sites (tertiary alicyclic amines) is 1. The van der Waals surface area contributed by atoms with Crippen LogP contribution in [0.4, 0.5) is 0 Å². The van der Waals surface area contributed by atoms with Crippen LogP contribution in [0.3, 0.4) is 0 Å². The van der Waals surface area contributed by atoms with Crippen LogP contribution in [-0.2, 0) is 16.4 Å². The molecule has 4 nitrogen and oxygen atoms in total. The SMILES string of the molecule is COc1cc(C)c(CN2CCC[C@@H](CS(C)(=O)=O)C2)cc1C. The van der Waals surface area contributed by atoms with Crippen molar-refractivity contribution in [3.05, 3.63) is 28.8 Å². The summed E-state index contributed by atoms with van der Waals surface area (Å²) in [7, 11) is -1.19. The molecule has 22 heavy (non-hydrogen) atoms. The van der Waals surface area contributed by atoms with Crippen LogP contribution in [0.1, 0.15) is 29.5 Å². The van der Waals surface area contributed by atoms with Crippen LogP contribution in [-0.4, -0.2) is 45.5 Å². The van der Waals surface area contributed by atoms with Gasteiger partial charge in [-0.2, -0.15) is 0 Å². The molecule has 1 atom stereocenters. The van der Waals surface area contributed by atoms with E-state index < -0.39 is 9.84 Å². The first-order valence-corrected chi connectivity index (χ1v) is 9.88. The molecule has 1 saturated heterocycles. The molecule has 1 aromatic carbocycles. The fourth-order valence-electron chi connectivity index (χ4n) is 3.34. The Balaban J connectivity index is 2.06. The molecule has 0 aromatic heterocycles. The predicted molar refractivity (Wildman–Crippen MR) is 90.2 cm³/mol. The lowest BCUT2D eigenvalue weighted by atomic mass is 9.98. The summed E-state index contributed by atoms with van der Waals surface area (Å²) in [4.78, 5) is 2.38. The lowest BCUT2D eigenvalue weighted by molar-refractivity contribution is 0.177. The molecule has 1 heterocycles. The highest BCUT2D eigenvalue weighted by atomic mass is 32.2. The van der Waals surface area contributed by atoms with Crippen LogP contribution in [0.25, 0.3) is 0 Å². The molecule has 1 fully saturated rings. The van der Waals surface area contributed by atoms with Crippen molar-refractivity contribution in [3.8, 4) is 5.75 Å². The van der Waals surface area contributed by atoms with Crippen molar-refractivity contribution in [1.82, 2.24) is 4.90 Å². The van der Waals surface area contributed by atoms with Crippen molar-refractivity contribution < 1.29 is 13.2 Å². The molecule has 0 amide bonds. The van der Waals surface area contributed by atoms with Gasteiger partial charge in [0.25, 0.3) is 0 Å². The third-order valence-electron chi connectivity index (χ3n) is 4.39. The molecule has 0 radical (unpaired) electrons.